The number of thiophene rings is 1. The minimum absolute atomic E-state index is 0. The Morgan fingerprint density at radius 2 is 1.82 bits per heavy atom. The largest absolute Gasteiger partial charge is 0.355 e. The van der Waals surface area contributed by atoms with Crippen LogP contribution in [-0.4, -0.2) is 86.0 Å². The number of carbonyl (C=O) groups is 1. The Balaban J connectivity index is 0.00000280. The molecule has 0 spiro atoms. The summed E-state index contributed by atoms with van der Waals surface area (Å²) in [6, 6.07) is 4.31. The smallest absolute Gasteiger partial charge is 0.236 e. The molecule has 0 bridgehead atoms. The monoisotopic (exact) mass is 519 g/mol. The zero-order chi connectivity index (χ0) is 19.3. The molecule has 0 unspecified atom stereocenters. The number of hydrogen-bond donors (Lipinski definition) is 1. The van der Waals surface area contributed by atoms with Gasteiger partial charge in [-0.2, -0.15) is 0 Å². The Kier molecular flexibility index (Phi) is 9.01. The first-order valence-electron chi connectivity index (χ1n) is 9.99. The summed E-state index contributed by atoms with van der Waals surface area (Å²) in [6.45, 7) is 11.5. The van der Waals surface area contributed by atoms with Gasteiger partial charge >= 0.3 is 0 Å². The van der Waals surface area contributed by atoms with Crippen molar-refractivity contribution in [3.8, 4) is 0 Å². The SMILES string of the molecule is CN=C(NCC(C)(C)c1cccs1)N1CCN(CC(=O)N2CCCC2)CC1.I. The lowest BCUT2D eigenvalue weighted by Crippen LogP contribution is -2.55. The third-order valence-corrected chi connectivity index (χ3v) is 6.81. The van der Waals surface area contributed by atoms with Gasteiger partial charge in [0.25, 0.3) is 0 Å². The quantitative estimate of drug-likeness (QED) is 0.369. The molecule has 0 radical (unpaired) electrons. The molecule has 0 aromatic carbocycles. The number of carbonyl (C=O) groups excluding carboxylic acids is 1. The van der Waals surface area contributed by atoms with Crippen LogP contribution >= 0.6 is 35.3 Å². The van der Waals surface area contributed by atoms with Gasteiger partial charge in [-0.05, 0) is 24.3 Å². The molecule has 0 aliphatic carbocycles. The van der Waals surface area contributed by atoms with E-state index in [9.17, 15) is 4.79 Å². The molecule has 1 amide bonds. The molecular weight excluding hydrogens is 485 g/mol. The molecule has 158 valence electrons. The lowest BCUT2D eigenvalue weighted by Gasteiger charge is -2.37. The van der Waals surface area contributed by atoms with Crippen molar-refractivity contribution >= 4 is 47.2 Å². The van der Waals surface area contributed by atoms with Gasteiger partial charge in [0.05, 0.1) is 6.54 Å². The molecular formula is C20H34IN5OS. The van der Waals surface area contributed by atoms with Crippen LogP contribution in [0.5, 0.6) is 0 Å². The highest BCUT2D eigenvalue weighted by Gasteiger charge is 2.26. The second-order valence-electron chi connectivity index (χ2n) is 8.11. The zero-order valence-electron chi connectivity index (χ0n) is 17.3. The van der Waals surface area contributed by atoms with E-state index in [1.165, 1.54) is 4.88 Å². The van der Waals surface area contributed by atoms with Crippen molar-refractivity contribution in [2.75, 3.05) is 59.4 Å². The third kappa shape index (κ3) is 6.06. The highest BCUT2D eigenvalue weighted by atomic mass is 127. The molecule has 1 aromatic heterocycles. The molecule has 0 saturated carbocycles. The van der Waals surface area contributed by atoms with Crippen LogP contribution in [0.1, 0.15) is 31.6 Å². The van der Waals surface area contributed by atoms with Crippen molar-refractivity contribution in [1.82, 2.24) is 20.0 Å². The van der Waals surface area contributed by atoms with Crippen LogP contribution in [0, 0.1) is 0 Å². The summed E-state index contributed by atoms with van der Waals surface area (Å²) < 4.78 is 0. The van der Waals surface area contributed by atoms with Crippen LogP contribution in [-0.2, 0) is 10.2 Å². The molecule has 3 heterocycles. The standard InChI is InChI=1S/C20H33N5OS.HI/c1-20(2,17-7-6-14-27-17)16-22-19(21-3)25-12-10-23(11-13-25)15-18(26)24-8-4-5-9-24;/h6-7,14H,4-5,8-13,15-16H2,1-3H3,(H,21,22);1H. The second-order valence-corrected chi connectivity index (χ2v) is 9.06. The average Bonchev–Trinajstić information content (AvgIpc) is 3.37. The number of likely N-dealkylation sites (tertiary alicyclic amines) is 1. The fourth-order valence-electron chi connectivity index (χ4n) is 3.76. The molecule has 3 rings (SSSR count). The van der Waals surface area contributed by atoms with Crippen LogP contribution in [0.15, 0.2) is 22.5 Å². The summed E-state index contributed by atoms with van der Waals surface area (Å²) in [5.74, 6) is 1.26. The molecule has 0 atom stereocenters. The average molecular weight is 519 g/mol. The number of guanidine groups is 1. The van der Waals surface area contributed by atoms with Crippen molar-refractivity contribution in [2.24, 2.45) is 4.99 Å². The normalized spacial score (nSPS) is 18.9. The van der Waals surface area contributed by atoms with Gasteiger partial charge in [-0.15, -0.1) is 35.3 Å². The topological polar surface area (TPSA) is 51.2 Å². The van der Waals surface area contributed by atoms with Gasteiger partial charge in [-0.3, -0.25) is 14.7 Å². The van der Waals surface area contributed by atoms with Gasteiger partial charge in [0.1, 0.15) is 0 Å². The fraction of sp³-hybridized carbons (Fsp3) is 0.700. The van der Waals surface area contributed by atoms with E-state index in [0.29, 0.717) is 12.5 Å². The fourth-order valence-corrected chi connectivity index (χ4v) is 4.61. The second kappa shape index (κ2) is 10.8. The van der Waals surface area contributed by atoms with Gasteiger partial charge in [0.2, 0.25) is 5.91 Å². The molecule has 8 heteroatoms. The molecule has 2 aliphatic rings. The van der Waals surface area contributed by atoms with Gasteiger partial charge in [0, 0.05) is 63.2 Å². The number of nitrogens with zero attached hydrogens (tertiary/aromatic N) is 4. The van der Waals surface area contributed by atoms with Crippen LogP contribution in [0.2, 0.25) is 0 Å². The van der Waals surface area contributed by atoms with Crippen molar-refractivity contribution < 1.29 is 4.79 Å². The Morgan fingerprint density at radius 3 is 2.39 bits per heavy atom. The maximum absolute atomic E-state index is 12.3. The third-order valence-electron chi connectivity index (χ3n) is 5.58. The summed E-state index contributed by atoms with van der Waals surface area (Å²) >= 11 is 1.80. The van der Waals surface area contributed by atoms with Gasteiger partial charge in [-0.1, -0.05) is 19.9 Å². The maximum atomic E-state index is 12.3. The zero-order valence-corrected chi connectivity index (χ0v) is 20.5. The Hall–Kier alpha value is -0.870. The van der Waals surface area contributed by atoms with Crippen molar-refractivity contribution in [1.29, 1.82) is 0 Å². The van der Waals surface area contributed by atoms with E-state index in [2.05, 4.69) is 51.5 Å². The lowest BCUT2D eigenvalue weighted by molar-refractivity contribution is -0.131. The lowest BCUT2D eigenvalue weighted by atomic mass is 9.91. The van der Waals surface area contributed by atoms with Crippen molar-refractivity contribution in [3.63, 3.8) is 0 Å². The molecule has 2 fully saturated rings. The number of rotatable bonds is 5. The maximum Gasteiger partial charge on any atom is 0.236 e. The molecule has 28 heavy (non-hydrogen) atoms. The first kappa shape index (κ1) is 23.4. The van der Waals surface area contributed by atoms with E-state index in [4.69, 9.17) is 0 Å². The minimum atomic E-state index is 0. The summed E-state index contributed by atoms with van der Waals surface area (Å²) in [4.78, 5) is 24.8. The Labute approximate surface area is 190 Å². The number of nitrogens with one attached hydrogen (secondary N) is 1. The molecule has 2 saturated heterocycles. The summed E-state index contributed by atoms with van der Waals surface area (Å²) in [6.07, 6.45) is 2.31. The molecule has 2 aliphatic heterocycles. The van der Waals surface area contributed by atoms with Gasteiger partial charge < -0.3 is 15.1 Å². The van der Waals surface area contributed by atoms with E-state index in [0.717, 1.165) is 64.6 Å². The summed E-state index contributed by atoms with van der Waals surface area (Å²) in [5, 5.41) is 5.69. The highest BCUT2D eigenvalue weighted by Crippen LogP contribution is 2.26. The molecule has 1 N–H and O–H groups in total. The van der Waals surface area contributed by atoms with Gasteiger partial charge in [-0.25, -0.2) is 0 Å². The molecule has 6 nitrogen and oxygen atoms in total. The predicted octanol–water partition coefficient (Wildman–Crippen LogP) is 2.46. The summed E-state index contributed by atoms with van der Waals surface area (Å²) in [5.41, 5.74) is 0.0775. The predicted molar refractivity (Wildman–Crippen MR) is 128 cm³/mol. The van der Waals surface area contributed by atoms with Crippen molar-refractivity contribution in [3.05, 3.63) is 22.4 Å². The van der Waals surface area contributed by atoms with Crippen LogP contribution < -0.4 is 5.32 Å². The number of piperazine rings is 1. The number of amides is 1. The van der Waals surface area contributed by atoms with E-state index < -0.39 is 0 Å². The highest BCUT2D eigenvalue weighted by molar-refractivity contribution is 14.0. The van der Waals surface area contributed by atoms with Gasteiger partial charge in [0.15, 0.2) is 5.96 Å². The number of halogens is 1. The van der Waals surface area contributed by atoms with Crippen LogP contribution in [0.25, 0.3) is 0 Å². The van der Waals surface area contributed by atoms with Crippen LogP contribution in [0.3, 0.4) is 0 Å². The first-order chi connectivity index (χ1) is 13.0. The van der Waals surface area contributed by atoms with E-state index >= 15 is 0 Å². The minimum Gasteiger partial charge on any atom is -0.355 e. The van der Waals surface area contributed by atoms with Crippen molar-refractivity contribution in [2.45, 2.75) is 32.1 Å². The first-order valence-corrected chi connectivity index (χ1v) is 10.9. The van der Waals surface area contributed by atoms with E-state index in [1.54, 1.807) is 11.3 Å². The number of hydrogen-bond acceptors (Lipinski definition) is 4. The molecule has 1 aromatic rings. The summed E-state index contributed by atoms with van der Waals surface area (Å²) in [7, 11) is 1.85. The van der Waals surface area contributed by atoms with Crippen LogP contribution in [0.4, 0.5) is 0 Å². The number of aliphatic imine (C=N–C) groups is 1. The van der Waals surface area contributed by atoms with E-state index in [-0.39, 0.29) is 29.4 Å². The Bertz CT molecular complexity index is 635. The van der Waals surface area contributed by atoms with E-state index in [1.807, 2.05) is 11.9 Å². The Morgan fingerprint density at radius 1 is 1.14 bits per heavy atom.